The Kier molecular flexibility index (Phi) is 6.95. The molecule has 262 valence electrons. The molecule has 0 unspecified atom stereocenters. The van der Waals surface area contributed by atoms with Crippen LogP contribution in [0, 0.1) is 19.7 Å². The molecule has 0 amide bonds. The molecule has 0 N–H and O–H groups in total. The number of aromatic nitrogens is 3. The van der Waals surface area contributed by atoms with Crippen LogP contribution in [0.2, 0.25) is 0 Å². The molecule has 0 radical (unpaired) electrons. The predicted octanol–water partition coefficient (Wildman–Crippen LogP) is 14.3. The Bertz CT molecular complexity index is 3580. The Morgan fingerprint density at radius 1 is 0.316 bits per heavy atom. The molecular formula is C51H28N6. The van der Waals surface area contributed by atoms with Gasteiger partial charge in [-0.15, -0.1) is 0 Å². The van der Waals surface area contributed by atoms with Crippen LogP contribution < -0.4 is 0 Å². The van der Waals surface area contributed by atoms with Crippen molar-refractivity contribution in [1.82, 2.24) is 13.7 Å². The molecule has 3 heterocycles. The summed E-state index contributed by atoms with van der Waals surface area (Å²) in [6.07, 6.45) is 0. The molecule has 11 rings (SSSR count). The highest BCUT2D eigenvalue weighted by Crippen LogP contribution is 2.42. The summed E-state index contributed by atoms with van der Waals surface area (Å²) in [5.41, 5.74) is 12.7. The summed E-state index contributed by atoms with van der Waals surface area (Å²) < 4.78 is 6.84. The number of hydrogen-bond acceptors (Lipinski definition) is 0. The Balaban J connectivity index is 1.18. The molecular weight excluding hydrogens is 697 g/mol. The van der Waals surface area contributed by atoms with E-state index in [2.05, 4.69) is 137 Å². The average Bonchev–Trinajstić information content (AvgIpc) is 3.91. The van der Waals surface area contributed by atoms with Crippen molar-refractivity contribution in [2.24, 2.45) is 0 Å². The van der Waals surface area contributed by atoms with Gasteiger partial charge in [-0.1, -0.05) is 91.0 Å². The molecule has 0 aliphatic rings. The van der Waals surface area contributed by atoms with Crippen molar-refractivity contribution >= 4 is 82.5 Å². The van der Waals surface area contributed by atoms with Gasteiger partial charge in [-0.3, -0.25) is 0 Å². The minimum Gasteiger partial charge on any atom is -0.311 e. The summed E-state index contributed by atoms with van der Waals surface area (Å²) >= 11 is 0. The minimum atomic E-state index is 0.526. The van der Waals surface area contributed by atoms with E-state index in [4.69, 9.17) is 19.7 Å². The van der Waals surface area contributed by atoms with E-state index >= 15 is 0 Å². The number of benzene rings is 8. The van der Waals surface area contributed by atoms with E-state index in [9.17, 15) is 0 Å². The largest absolute Gasteiger partial charge is 0.311 e. The van der Waals surface area contributed by atoms with E-state index in [1.54, 1.807) is 0 Å². The third-order valence-corrected chi connectivity index (χ3v) is 11.2. The average molecular weight is 725 g/mol. The summed E-state index contributed by atoms with van der Waals surface area (Å²) in [6.45, 7) is 23.7. The number of rotatable bonds is 4. The van der Waals surface area contributed by atoms with Gasteiger partial charge in [-0.2, -0.15) is 0 Å². The molecule has 0 atom stereocenters. The molecule has 57 heavy (non-hydrogen) atoms. The zero-order valence-corrected chi connectivity index (χ0v) is 30.3. The van der Waals surface area contributed by atoms with Gasteiger partial charge in [-0.25, -0.2) is 14.5 Å². The first-order valence-electron chi connectivity index (χ1n) is 18.6. The first kappa shape index (κ1) is 32.1. The predicted molar refractivity (Wildman–Crippen MR) is 234 cm³/mol. The molecule has 3 aromatic heterocycles. The van der Waals surface area contributed by atoms with Crippen LogP contribution in [0.25, 0.3) is 108 Å². The highest BCUT2D eigenvalue weighted by atomic mass is 15.0. The van der Waals surface area contributed by atoms with Crippen LogP contribution in [0.1, 0.15) is 0 Å². The highest BCUT2D eigenvalue weighted by Gasteiger charge is 2.20. The van der Waals surface area contributed by atoms with E-state index in [-0.39, 0.29) is 0 Å². The van der Waals surface area contributed by atoms with Crippen LogP contribution in [0.4, 0.5) is 17.1 Å². The van der Waals surface area contributed by atoms with Gasteiger partial charge in [0.1, 0.15) is 0 Å². The van der Waals surface area contributed by atoms with Gasteiger partial charge in [0.05, 0.1) is 58.5 Å². The Morgan fingerprint density at radius 3 is 1.42 bits per heavy atom. The lowest BCUT2D eigenvalue weighted by molar-refractivity contribution is 1.15. The molecule has 0 aliphatic carbocycles. The number of para-hydroxylation sites is 4. The molecule has 0 aliphatic heterocycles. The monoisotopic (exact) mass is 724 g/mol. The second-order valence-corrected chi connectivity index (χ2v) is 14.3. The fourth-order valence-corrected chi connectivity index (χ4v) is 8.83. The van der Waals surface area contributed by atoms with Gasteiger partial charge in [0.2, 0.25) is 0 Å². The third-order valence-electron chi connectivity index (χ3n) is 11.2. The van der Waals surface area contributed by atoms with E-state index in [0.717, 1.165) is 82.8 Å². The topological polar surface area (TPSA) is 27.9 Å². The van der Waals surface area contributed by atoms with E-state index in [0.29, 0.717) is 17.1 Å². The van der Waals surface area contributed by atoms with Crippen LogP contribution in [-0.4, -0.2) is 13.7 Å². The van der Waals surface area contributed by atoms with Gasteiger partial charge < -0.3 is 13.7 Å². The fraction of sp³-hybridized carbons (Fsp3) is 0. The van der Waals surface area contributed by atoms with Gasteiger partial charge in [0, 0.05) is 38.5 Å². The molecule has 0 saturated heterocycles. The first-order chi connectivity index (χ1) is 28.1. The van der Waals surface area contributed by atoms with Crippen LogP contribution in [0.3, 0.4) is 0 Å². The zero-order valence-electron chi connectivity index (χ0n) is 30.3. The van der Waals surface area contributed by atoms with E-state index in [1.165, 1.54) is 10.8 Å². The van der Waals surface area contributed by atoms with Crippen LogP contribution >= 0.6 is 0 Å². The van der Waals surface area contributed by atoms with Gasteiger partial charge in [0.25, 0.3) is 0 Å². The summed E-state index contributed by atoms with van der Waals surface area (Å²) in [4.78, 5) is 11.5. The van der Waals surface area contributed by atoms with Crippen molar-refractivity contribution in [3.63, 3.8) is 0 Å². The lowest BCUT2D eigenvalue weighted by Gasteiger charge is -2.17. The number of nitrogens with zero attached hydrogens (tertiary/aromatic N) is 6. The maximum Gasteiger partial charge on any atom is 0.189 e. The molecule has 0 spiro atoms. The molecule has 6 heteroatoms. The fourth-order valence-electron chi connectivity index (χ4n) is 8.83. The molecule has 8 aromatic carbocycles. The van der Waals surface area contributed by atoms with E-state index < -0.39 is 0 Å². The zero-order chi connectivity index (χ0) is 38.2. The minimum absolute atomic E-state index is 0.526. The molecule has 6 nitrogen and oxygen atoms in total. The summed E-state index contributed by atoms with van der Waals surface area (Å²) in [5.74, 6) is 0. The Hall–Kier alpha value is -8.37. The van der Waals surface area contributed by atoms with Crippen molar-refractivity contribution in [3.05, 3.63) is 204 Å². The molecule has 0 saturated carbocycles. The van der Waals surface area contributed by atoms with Crippen molar-refractivity contribution in [2.45, 2.75) is 0 Å². The summed E-state index contributed by atoms with van der Waals surface area (Å²) in [6, 6.07) is 58.1. The van der Waals surface area contributed by atoms with Crippen molar-refractivity contribution in [1.29, 1.82) is 0 Å². The Morgan fingerprint density at radius 2 is 0.807 bits per heavy atom. The van der Waals surface area contributed by atoms with Crippen molar-refractivity contribution in [2.75, 3.05) is 0 Å². The maximum absolute atomic E-state index is 8.21. The molecule has 0 fully saturated rings. The van der Waals surface area contributed by atoms with Crippen molar-refractivity contribution < 1.29 is 0 Å². The Labute approximate surface area is 327 Å². The summed E-state index contributed by atoms with van der Waals surface area (Å²) in [7, 11) is 0. The third kappa shape index (κ3) is 4.74. The quantitative estimate of drug-likeness (QED) is 0.162. The van der Waals surface area contributed by atoms with Crippen LogP contribution in [-0.2, 0) is 0 Å². The maximum atomic E-state index is 8.21. The van der Waals surface area contributed by atoms with E-state index in [1.807, 2.05) is 60.7 Å². The first-order valence-corrected chi connectivity index (χ1v) is 18.6. The number of fused-ring (bicyclic) bond motifs is 9. The standard InChI is InChI=1S/C51H28N6/c1-52-33-20-24-49-43(29-33)41-15-7-11-19-48(41)56(49)37-27-32(26-35(28-37)54-3)38-12-4-8-16-45(38)57-50-25-21-34(53-2)30-44(50)42-23-22-36(31-51(42)57)55-46-17-9-5-13-39(46)40-14-6-10-18-47(40)55/h4-31H. The van der Waals surface area contributed by atoms with Gasteiger partial charge in [-0.05, 0) is 95.2 Å². The SMILES string of the molecule is [C-]#[N+]c1cc(-c2ccccc2-n2c3ccc([N+]#[C-])cc3c3ccc(-n4c5ccccc5c5ccccc54)cc32)cc(-n2c3ccccc3c3cc([N+]#[C-])ccc32)c1. The van der Waals surface area contributed by atoms with Gasteiger partial charge in [0.15, 0.2) is 17.1 Å². The highest BCUT2D eigenvalue weighted by molar-refractivity contribution is 6.13. The molecule has 11 aromatic rings. The number of hydrogen-bond donors (Lipinski definition) is 0. The van der Waals surface area contributed by atoms with Crippen molar-refractivity contribution in [3.8, 4) is 28.2 Å². The van der Waals surface area contributed by atoms with Gasteiger partial charge >= 0.3 is 0 Å². The molecule has 0 bridgehead atoms. The second kappa shape index (κ2) is 12.3. The lowest BCUT2D eigenvalue weighted by atomic mass is 10.0. The lowest BCUT2D eigenvalue weighted by Crippen LogP contribution is -1.99. The second-order valence-electron chi connectivity index (χ2n) is 14.3. The van der Waals surface area contributed by atoms with Crippen LogP contribution in [0.5, 0.6) is 0 Å². The van der Waals surface area contributed by atoms with Crippen LogP contribution in [0.15, 0.2) is 170 Å². The normalized spacial score (nSPS) is 11.5. The summed E-state index contributed by atoms with van der Waals surface area (Å²) in [5, 5.41) is 6.50. The smallest absolute Gasteiger partial charge is 0.189 e.